The number of thiophene rings is 1. The van der Waals surface area contributed by atoms with Crippen molar-refractivity contribution in [2.24, 2.45) is 12.8 Å². The molecular weight excluding hydrogens is 391 g/mol. The Morgan fingerprint density at radius 2 is 2.11 bits per heavy atom. The van der Waals surface area contributed by atoms with Crippen LogP contribution >= 0.6 is 11.3 Å². The molecule has 1 aromatic carbocycles. The second-order valence-corrected chi connectivity index (χ2v) is 7.08. The molecule has 28 heavy (non-hydrogen) atoms. The number of carbonyl (C=O) groups excluding carboxylic acids is 1. The molecule has 3 aromatic rings. The Balaban J connectivity index is 1.73. The lowest BCUT2D eigenvalue weighted by Gasteiger charge is -2.19. The van der Waals surface area contributed by atoms with E-state index in [4.69, 9.17) is 5.73 Å². The molecule has 0 saturated heterocycles. The number of nitrogens with zero attached hydrogens (tertiary/aromatic N) is 3. The van der Waals surface area contributed by atoms with E-state index in [2.05, 4.69) is 15.4 Å². The fourth-order valence-electron chi connectivity index (χ4n) is 2.82. The largest absolute Gasteiger partial charge is 0.416 e. The van der Waals surface area contributed by atoms with Gasteiger partial charge in [-0.2, -0.15) is 18.3 Å². The van der Waals surface area contributed by atoms with Crippen LogP contribution in [-0.2, 0) is 19.6 Å². The van der Waals surface area contributed by atoms with Gasteiger partial charge in [0.15, 0.2) is 5.82 Å². The summed E-state index contributed by atoms with van der Waals surface area (Å²) in [5, 5.41) is 8.48. The van der Waals surface area contributed by atoms with E-state index in [-0.39, 0.29) is 18.5 Å². The molecule has 0 aliphatic rings. The van der Waals surface area contributed by atoms with Gasteiger partial charge in [0.1, 0.15) is 6.33 Å². The van der Waals surface area contributed by atoms with Crippen LogP contribution in [0.1, 0.15) is 20.8 Å². The third-order valence-electron chi connectivity index (χ3n) is 4.20. The molecule has 0 aliphatic carbocycles. The summed E-state index contributed by atoms with van der Waals surface area (Å²) in [5.74, 6) is 0.225. The van der Waals surface area contributed by atoms with E-state index < -0.39 is 23.7 Å². The first-order valence-electron chi connectivity index (χ1n) is 8.38. The Bertz CT molecular complexity index is 966. The van der Waals surface area contributed by atoms with Crippen molar-refractivity contribution in [2.45, 2.75) is 18.6 Å². The van der Waals surface area contributed by atoms with Gasteiger partial charge in [0.25, 0.3) is 5.91 Å². The number of halogens is 3. The van der Waals surface area contributed by atoms with Gasteiger partial charge in [-0.25, -0.2) is 9.67 Å². The number of rotatable bonds is 6. The van der Waals surface area contributed by atoms with Crippen molar-refractivity contribution < 1.29 is 18.0 Å². The maximum absolute atomic E-state index is 13.2. The minimum Gasteiger partial charge on any atom is -0.347 e. The highest BCUT2D eigenvalue weighted by atomic mass is 32.1. The Morgan fingerprint density at radius 1 is 1.36 bits per heavy atom. The molecule has 1 amide bonds. The highest BCUT2D eigenvalue weighted by Crippen LogP contribution is 2.32. The summed E-state index contributed by atoms with van der Waals surface area (Å²) in [7, 11) is 1.74. The number of hydrogen-bond donors (Lipinski definition) is 2. The summed E-state index contributed by atoms with van der Waals surface area (Å²) < 4.78 is 41.1. The van der Waals surface area contributed by atoms with Gasteiger partial charge >= 0.3 is 6.18 Å². The molecule has 0 spiro atoms. The number of benzene rings is 1. The van der Waals surface area contributed by atoms with E-state index in [1.807, 2.05) is 0 Å². The SMILES string of the molecule is Cn1ncnc1-c1csc(C(=O)NC(CN)Cc2ccccc2C(F)(F)F)c1. The van der Waals surface area contributed by atoms with Crippen LogP contribution in [0.15, 0.2) is 42.0 Å². The van der Waals surface area contributed by atoms with Gasteiger partial charge in [-0.3, -0.25) is 4.79 Å². The average Bonchev–Trinajstić information content (AvgIpc) is 3.29. The van der Waals surface area contributed by atoms with Crippen LogP contribution in [0.5, 0.6) is 0 Å². The van der Waals surface area contributed by atoms with Crippen LogP contribution in [-0.4, -0.2) is 33.3 Å². The van der Waals surface area contributed by atoms with E-state index in [1.54, 1.807) is 23.2 Å². The van der Waals surface area contributed by atoms with E-state index in [0.717, 1.165) is 11.6 Å². The number of carbonyl (C=O) groups is 1. The first-order chi connectivity index (χ1) is 13.3. The Hall–Kier alpha value is -2.72. The van der Waals surface area contributed by atoms with Gasteiger partial charge in [0.05, 0.1) is 10.4 Å². The number of aromatic nitrogens is 3. The highest BCUT2D eigenvalue weighted by Gasteiger charge is 2.33. The van der Waals surface area contributed by atoms with Crippen LogP contribution < -0.4 is 11.1 Å². The molecule has 0 aliphatic heterocycles. The zero-order valence-corrected chi connectivity index (χ0v) is 15.7. The van der Waals surface area contributed by atoms with Gasteiger partial charge in [-0.05, 0) is 24.1 Å². The van der Waals surface area contributed by atoms with Crippen molar-refractivity contribution in [3.05, 3.63) is 58.0 Å². The second-order valence-electron chi connectivity index (χ2n) is 6.17. The molecule has 3 N–H and O–H groups in total. The summed E-state index contributed by atoms with van der Waals surface area (Å²) in [6, 6.07) is 6.33. The van der Waals surface area contributed by atoms with E-state index in [1.165, 1.54) is 35.9 Å². The molecule has 0 bridgehead atoms. The molecule has 2 heterocycles. The average molecular weight is 409 g/mol. The van der Waals surface area contributed by atoms with Gasteiger partial charge in [0.2, 0.25) is 0 Å². The third-order valence-corrected chi connectivity index (χ3v) is 5.13. The molecule has 148 valence electrons. The third kappa shape index (κ3) is 4.39. The molecule has 3 rings (SSSR count). The second kappa shape index (κ2) is 8.11. The fraction of sp³-hybridized carbons (Fsp3) is 0.278. The molecule has 0 saturated carbocycles. The highest BCUT2D eigenvalue weighted by molar-refractivity contribution is 7.12. The quantitative estimate of drug-likeness (QED) is 0.656. The number of alkyl halides is 3. The molecule has 2 aromatic heterocycles. The molecule has 1 unspecified atom stereocenters. The first-order valence-corrected chi connectivity index (χ1v) is 9.26. The van der Waals surface area contributed by atoms with E-state index >= 15 is 0 Å². The summed E-state index contributed by atoms with van der Waals surface area (Å²) in [6.45, 7) is 0.0133. The lowest BCUT2D eigenvalue weighted by molar-refractivity contribution is -0.138. The van der Waals surface area contributed by atoms with Crippen molar-refractivity contribution in [2.75, 3.05) is 6.54 Å². The monoisotopic (exact) mass is 409 g/mol. The Morgan fingerprint density at radius 3 is 2.75 bits per heavy atom. The maximum atomic E-state index is 13.2. The van der Waals surface area contributed by atoms with Crippen molar-refractivity contribution in [1.29, 1.82) is 0 Å². The molecule has 6 nitrogen and oxygen atoms in total. The van der Waals surface area contributed by atoms with Gasteiger partial charge < -0.3 is 11.1 Å². The normalized spacial score (nSPS) is 12.8. The van der Waals surface area contributed by atoms with Crippen LogP contribution in [0.2, 0.25) is 0 Å². The van der Waals surface area contributed by atoms with Gasteiger partial charge in [0, 0.05) is 30.6 Å². The van der Waals surface area contributed by atoms with Crippen LogP contribution in [0.4, 0.5) is 13.2 Å². The lowest BCUT2D eigenvalue weighted by atomic mass is 9.99. The number of hydrogen-bond acceptors (Lipinski definition) is 5. The van der Waals surface area contributed by atoms with E-state index in [9.17, 15) is 18.0 Å². The lowest BCUT2D eigenvalue weighted by Crippen LogP contribution is -2.41. The number of aryl methyl sites for hydroxylation is 1. The first kappa shape index (κ1) is 20.0. The maximum Gasteiger partial charge on any atom is 0.416 e. The molecular formula is C18H18F3N5OS. The summed E-state index contributed by atoms with van der Waals surface area (Å²) >= 11 is 1.22. The molecule has 0 fully saturated rings. The molecule has 1 atom stereocenters. The van der Waals surface area contributed by atoms with E-state index in [0.29, 0.717) is 10.7 Å². The van der Waals surface area contributed by atoms with Crippen LogP contribution in [0, 0.1) is 0 Å². The predicted molar refractivity (Wildman–Crippen MR) is 99.8 cm³/mol. The number of amides is 1. The van der Waals surface area contributed by atoms with Gasteiger partial charge in [-0.1, -0.05) is 18.2 Å². The summed E-state index contributed by atoms with van der Waals surface area (Å²) in [5.41, 5.74) is 5.81. The fourth-order valence-corrected chi connectivity index (χ4v) is 3.61. The Kier molecular flexibility index (Phi) is 5.80. The van der Waals surface area contributed by atoms with Crippen molar-refractivity contribution in [3.63, 3.8) is 0 Å². The molecule has 0 radical (unpaired) electrons. The summed E-state index contributed by atoms with van der Waals surface area (Å²) in [4.78, 5) is 17.1. The zero-order chi connectivity index (χ0) is 20.3. The van der Waals surface area contributed by atoms with Crippen LogP contribution in [0.25, 0.3) is 11.4 Å². The van der Waals surface area contributed by atoms with Crippen LogP contribution in [0.3, 0.4) is 0 Å². The molecule has 10 heteroatoms. The topological polar surface area (TPSA) is 85.8 Å². The number of nitrogens with one attached hydrogen (secondary N) is 1. The van der Waals surface area contributed by atoms with Crippen molar-refractivity contribution in [1.82, 2.24) is 20.1 Å². The minimum atomic E-state index is -4.46. The standard InChI is InChI=1S/C18H18F3N5OS/c1-26-16(23-10-24-26)12-7-15(28-9-12)17(27)25-13(8-22)6-11-4-2-3-5-14(11)18(19,20)21/h2-5,7,9-10,13H,6,8,22H2,1H3,(H,25,27). The summed E-state index contributed by atoms with van der Waals surface area (Å²) in [6.07, 6.45) is -3.06. The van der Waals surface area contributed by atoms with Crippen molar-refractivity contribution >= 4 is 17.2 Å². The zero-order valence-electron chi connectivity index (χ0n) is 14.9. The minimum absolute atomic E-state index is 0.0133. The predicted octanol–water partition coefficient (Wildman–Crippen LogP) is 2.86. The number of nitrogens with two attached hydrogens (primary N) is 1. The smallest absolute Gasteiger partial charge is 0.347 e. The van der Waals surface area contributed by atoms with Gasteiger partial charge in [-0.15, -0.1) is 11.3 Å². The Labute approximate surface area is 163 Å². The van der Waals surface area contributed by atoms with Crippen molar-refractivity contribution in [3.8, 4) is 11.4 Å².